The van der Waals surface area contributed by atoms with Gasteiger partial charge in [-0.05, 0) is 63.5 Å². The molecule has 0 aliphatic heterocycles. The van der Waals surface area contributed by atoms with Crippen molar-refractivity contribution in [2.24, 2.45) is 17.6 Å². The second-order valence-electron chi connectivity index (χ2n) is 4.88. The van der Waals surface area contributed by atoms with E-state index in [0.717, 1.165) is 11.8 Å². The Morgan fingerprint density at radius 1 is 0.846 bits per heavy atom. The Morgan fingerprint density at radius 2 is 1.23 bits per heavy atom. The SMILES string of the molecule is C1CC1CNCC1CC1.NC1CC1. The molecule has 0 bridgehead atoms. The van der Waals surface area contributed by atoms with Gasteiger partial charge in [0.1, 0.15) is 0 Å². The maximum atomic E-state index is 5.22. The van der Waals surface area contributed by atoms with Crippen molar-refractivity contribution in [2.75, 3.05) is 13.1 Å². The third-order valence-corrected chi connectivity index (χ3v) is 2.88. The Kier molecular flexibility index (Phi) is 3.23. The number of hydrogen-bond donors (Lipinski definition) is 2. The summed E-state index contributed by atoms with van der Waals surface area (Å²) in [5.41, 5.74) is 5.22. The monoisotopic (exact) mass is 182 g/mol. The quantitative estimate of drug-likeness (QED) is 0.691. The number of rotatable bonds is 4. The minimum atomic E-state index is 0.583. The fourth-order valence-corrected chi connectivity index (χ4v) is 1.23. The van der Waals surface area contributed by atoms with Gasteiger partial charge in [-0.15, -0.1) is 0 Å². The van der Waals surface area contributed by atoms with Crippen LogP contribution < -0.4 is 11.1 Å². The summed E-state index contributed by atoms with van der Waals surface area (Å²) in [5.74, 6) is 2.12. The van der Waals surface area contributed by atoms with Crippen molar-refractivity contribution >= 4 is 0 Å². The molecule has 0 heterocycles. The lowest BCUT2D eigenvalue weighted by atomic mass is 10.4. The Labute approximate surface area is 81.3 Å². The Morgan fingerprint density at radius 3 is 1.46 bits per heavy atom. The van der Waals surface area contributed by atoms with Crippen LogP contribution in [0.1, 0.15) is 38.5 Å². The van der Waals surface area contributed by atoms with Crippen molar-refractivity contribution in [3.8, 4) is 0 Å². The first-order valence-electron chi connectivity index (χ1n) is 5.81. The van der Waals surface area contributed by atoms with Gasteiger partial charge >= 0.3 is 0 Å². The smallest absolute Gasteiger partial charge is 0.00399 e. The Bertz CT molecular complexity index is 134. The molecule has 3 saturated carbocycles. The molecule has 2 heteroatoms. The van der Waals surface area contributed by atoms with Gasteiger partial charge in [0, 0.05) is 6.04 Å². The van der Waals surface area contributed by atoms with Crippen molar-refractivity contribution in [1.29, 1.82) is 0 Å². The molecule has 76 valence electrons. The predicted octanol–water partition coefficient (Wildman–Crippen LogP) is 1.50. The van der Waals surface area contributed by atoms with Crippen LogP contribution in [0, 0.1) is 11.8 Å². The minimum absolute atomic E-state index is 0.583. The molecule has 2 nitrogen and oxygen atoms in total. The van der Waals surface area contributed by atoms with Crippen LogP contribution in [0.5, 0.6) is 0 Å². The lowest BCUT2D eigenvalue weighted by Gasteiger charge is -1.98. The molecule has 13 heavy (non-hydrogen) atoms. The molecular weight excluding hydrogens is 160 g/mol. The van der Waals surface area contributed by atoms with E-state index in [4.69, 9.17) is 5.73 Å². The maximum absolute atomic E-state index is 5.22. The molecule has 0 amide bonds. The molecule has 0 aromatic rings. The lowest BCUT2D eigenvalue weighted by Crippen LogP contribution is -2.19. The van der Waals surface area contributed by atoms with E-state index in [-0.39, 0.29) is 0 Å². The van der Waals surface area contributed by atoms with Gasteiger partial charge < -0.3 is 11.1 Å². The molecule has 0 aromatic carbocycles. The largest absolute Gasteiger partial charge is 0.328 e. The fraction of sp³-hybridized carbons (Fsp3) is 1.00. The van der Waals surface area contributed by atoms with Crippen molar-refractivity contribution in [1.82, 2.24) is 5.32 Å². The summed E-state index contributed by atoms with van der Waals surface area (Å²) in [4.78, 5) is 0. The Hall–Kier alpha value is -0.0800. The highest BCUT2D eigenvalue weighted by Gasteiger charge is 2.23. The van der Waals surface area contributed by atoms with Gasteiger partial charge in [-0.1, -0.05) is 0 Å². The zero-order chi connectivity index (χ0) is 9.10. The molecule has 0 atom stereocenters. The van der Waals surface area contributed by atoms with E-state index in [1.807, 2.05) is 0 Å². The third-order valence-electron chi connectivity index (χ3n) is 2.88. The molecule has 0 spiro atoms. The molecule has 0 saturated heterocycles. The van der Waals surface area contributed by atoms with E-state index >= 15 is 0 Å². The van der Waals surface area contributed by atoms with Gasteiger partial charge in [0.2, 0.25) is 0 Å². The molecule has 3 aliphatic rings. The van der Waals surface area contributed by atoms with Gasteiger partial charge in [0.25, 0.3) is 0 Å². The molecular formula is C11H22N2. The fourth-order valence-electron chi connectivity index (χ4n) is 1.23. The summed E-state index contributed by atoms with van der Waals surface area (Å²) in [7, 11) is 0. The van der Waals surface area contributed by atoms with Crippen LogP contribution in [-0.2, 0) is 0 Å². The van der Waals surface area contributed by atoms with Gasteiger partial charge in [-0.3, -0.25) is 0 Å². The van der Waals surface area contributed by atoms with Gasteiger partial charge in [0.15, 0.2) is 0 Å². The molecule has 0 aromatic heterocycles. The van der Waals surface area contributed by atoms with Crippen LogP contribution >= 0.6 is 0 Å². The minimum Gasteiger partial charge on any atom is -0.328 e. The van der Waals surface area contributed by atoms with Crippen molar-refractivity contribution in [2.45, 2.75) is 44.6 Å². The van der Waals surface area contributed by atoms with Crippen molar-refractivity contribution in [3.63, 3.8) is 0 Å². The number of nitrogens with two attached hydrogens (primary N) is 1. The van der Waals surface area contributed by atoms with Gasteiger partial charge in [0.05, 0.1) is 0 Å². The van der Waals surface area contributed by atoms with Crippen LogP contribution in [0.25, 0.3) is 0 Å². The van der Waals surface area contributed by atoms with E-state index in [9.17, 15) is 0 Å². The standard InChI is InChI=1S/C8H15N.C3H7N/c1-2-7(1)5-9-6-8-3-4-8;4-3-1-2-3/h7-9H,1-6H2;3H,1-2,4H2. The topological polar surface area (TPSA) is 38.0 Å². The second kappa shape index (κ2) is 4.43. The van der Waals surface area contributed by atoms with E-state index < -0.39 is 0 Å². The van der Waals surface area contributed by atoms with Crippen LogP contribution in [-0.4, -0.2) is 19.1 Å². The van der Waals surface area contributed by atoms with Gasteiger partial charge in [-0.25, -0.2) is 0 Å². The highest BCUT2D eigenvalue weighted by Crippen LogP contribution is 2.30. The normalized spacial score (nSPS) is 26.5. The van der Waals surface area contributed by atoms with Crippen LogP contribution in [0.4, 0.5) is 0 Å². The molecule has 3 N–H and O–H groups in total. The van der Waals surface area contributed by atoms with E-state index in [1.165, 1.54) is 51.6 Å². The first-order valence-corrected chi connectivity index (χ1v) is 5.81. The van der Waals surface area contributed by atoms with Crippen molar-refractivity contribution in [3.05, 3.63) is 0 Å². The summed E-state index contributed by atoms with van der Waals surface area (Å²) in [6.07, 6.45) is 8.46. The highest BCUT2D eigenvalue weighted by atomic mass is 14.9. The van der Waals surface area contributed by atoms with Crippen LogP contribution in [0.3, 0.4) is 0 Å². The maximum Gasteiger partial charge on any atom is 0.00399 e. The molecule has 3 aliphatic carbocycles. The average molecular weight is 182 g/mol. The Balaban J connectivity index is 0.000000137. The molecule has 3 rings (SSSR count). The summed E-state index contributed by atoms with van der Waals surface area (Å²) in [6, 6.07) is 0.583. The summed E-state index contributed by atoms with van der Waals surface area (Å²) >= 11 is 0. The second-order valence-corrected chi connectivity index (χ2v) is 4.88. The third kappa shape index (κ3) is 5.27. The summed E-state index contributed by atoms with van der Waals surface area (Å²) in [5, 5.41) is 3.51. The zero-order valence-corrected chi connectivity index (χ0v) is 8.47. The average Bonchev–Trinajstić information content (AvgIpc) is 2.95. The number of hydrogen-bond acceptors (Lipinski definition) is 2. The predicted molar refractivity (Wildman–Crippen MR) is 55.5 cm³/mol. The van der Waals surface area contributed by atoms with Gasteiger partial charge in [-0.2, -0.15) is 0 Å². The van der Waals surface area contributed by atoms with E-state index in [1.54, 1.807) is 0 Å². The van der Waals surface area contributed by atoms with Crippen molar-refractivity contribution < 1.29 is 0 Å². The van der Waals surface area contributed by atoms with Crippen LogP contribution in [0.2, 0.25) is 0 Å². The van der Waals surface area contributed by atoms with E-state index in [2.05, 4.69) is 5.32 Å². The van der Waals surface area contributed by atoms with E-state index in [0.29, 0.717) is 6.04 Å². The van der Waals surface area contributed by atoms with Crippen LogP contribution in [0.15, 0.2) is 0 Å². The molecule has 0 unspecified atom stereocenters. The zero-order valence-electron chi connectivity index (χ0n) is 8.47. The molecule has 0 radical (unpaired) electrons. The summed E-state index contributed by atoms with van der Waals surface area (Å²) < 4.78 is 0. The first kappa shape index (κ1) is 9.47. The lowest BCUT2D eigenvalue weighted by molar-refractivity contribution is 0.604. The number of nitrogens with one attached hydrogen (secondary N) is 1. The first-order chi connectivity index (χ1) is 6.34. The molecule has 3 fully saturated rings. The summed E-state index contributed by atoms with van der Waals surface area (Å²) in [6.45, 7) is 2.60. The highest BCUT2D eigenvalue weighted by molar-refractivity contribution is 4.79.